The SMILES string of the molecule is CCCCOCCOc1cccc(Br)c1C(N)=S. The molecule has 1 aromatic rings. The van der Waals surface area contributed by atoms with Crippen molar-refractivity contribution in [1.29, 1.82) is 0 Å². The Balaban J connectivity index is 2.47. The molecule has 0 fully saturated rings. The van der Waals surface area contributed by atoms with Gasteiger partial charge in [-0.25, -0.2) is 0 Å². The van der Waals surface area contributed by atoms with Crippen LogP contribution >= 0.6 is 28.1 Å². The van der Waals surface area contributed by atoms with Crippen LogP contribution in [0.1, 0.15) is 25.3 Å². The average molecular weight is 332 g/mol. The zero-order chi connectivity index (χ0) is 13.4. The van der Waals surface area contributed by atoms with Gasteiger partial charge in [0.05, 0.1) is 12.2 Å². The summed E-state index contributed by atoms with van der Waals surface area (Å²) in [7, 11) is 0. The molecule has 2 N–H and O–H groups in total. The van der Waals surface area contributed by atoms with Gasteiger partial charge in [-0.05, 0) is 34.5 Å². The summed E-state index contributed by atoms with van der Waals surface area (Å²) in [5.41, 5.74) is 6.41. The van der Waals surface area contributed by atoms with Gasteiger partial charge in [0, 0.05) is 11.1 Å². The van der Waals surface area contributed by atoms with Crippen LogP contribution in [0.2, 0.25) is 0 Å². The topological polar surface area (TPSA) is 44.5 Å². The van der Waals surface area contributed by atoms with Gasteiger partial charge in [0.25, 0.3) is 0 Å². The third-order valence-corrected chi connectivity index (χ3v) is 3.21. The molecule has 0 saturated heterocycles. The molecule has 18 heavy (non-hydrogen) atoms. The predicted molar refractivity (Wildman–Crippen MR) is 81.3 cm³/mol. The van der Waals surface area contributed by atoms with E-state index in [0.717, 1.165) is 29.5 Å². The number of rotatable bonds is 8. The molecule has 5 heteroatoms. The number of unbranched alkanes of at least 4 members (excludes halogenated alkanes) is 1. The van der Waals surface area contributed by atoms with Crippen LogP contribution in [-0.2, 0) is 4.74 Å². The van der Waals surface area contributed by atoms with E-state index in [1.54, 1.807) is 0 Å². The molecule has 0 unspecified atom stereocenters. The van der Waals surface area contributed by atoms with Crippen LogP contribution in [0.5, 0.6) is 5.75 Å². The van der Waals surface area contributed by atoms with E-state index in [2.05, 4.69) is 22.9 Å². The maximum absolute atomic E-state index is 5.68. The van der Waals surface area contributed by atoms with Crippen molar-refractivity contribution < 1.29 is 9.47 Å². The molecule has 0 bridgehead atoms. The summed E-state index contributed by atoms with van der Waals surface area (Å²) in [6.45, 7) is 3.98. The highest BCUT2D eigenvalue weighted by Crippen LogP contribution is 2.26. The van der Waals surface area contributed by atoms with Gasteiger partial charge in [-0.3, -0.25) is 0 Å². The molecule has 1 rings (SSSR count). The fourth-order valence-corrected chi connectivity index (χ4v) is 2.33. The number of hydrogen-bond acceptors (Lipinski definition) is 3. The second-order valence-corrected chi connectivity index (χ2v) is 5.09. The van der Waals surface area contributed by atoms with Gasteiger partial charge in [0.2, 0.25) is 0 Å². The molecule has 0 saturated carbocycles. The van der Waals surface area contributed by atoms with Gasteiger partial charge >= 0.3 is 0 Å². The van der Waals surface area contributed by atoms with Crippen LogP contribution in [0.15, 0.2) is 22.7 Å². The molecule has 0 aliphatic heterocycles. The number of ether oxygens (including phenoxy) is 2. The van der Waals surface area contributed by atoms with E-state index in [1.807, 2.05) is 18.2 Å². The minimum atomic E-state index is 0.323. The lowest BCUT2D eigenvalue weighted by Crippen LogP contribution is -2.14. The highest BCUT2D eigenvalue weighted by atomic mass is 79.9. The van der Waals surface area contributed by atoms with Crippen LogP contribution in [0, 0.1) is 0 Å². The zero-order valence-corrected chi connectivity index (χ0v) is 12.9. The van der Waals surface area contributed by atoms with Crippen molar-refractivity contribution in [2.75, 3.05) is 19.8 Å². The molecule has 0 aliphatic carbocycles. The van der Waals surface area contributed by atoms with Crippen LogP contribution in [-0.4, -0.2) is 24.8 Å². The van der Waals surface area contributed by atoms with E-state index in [0.29, 0.717) is 24.0 Å². The summed E-state index contributed by atoms with van der Waals surface area (Å²) in [5, 5.41) is 0. The van der Waals surface area contributed by atoms with Crippen molar-refractivity contribution in [1.82, 2.24) is 0 Å². The fraction of sp³-hybridized carbons (Fsp3) is 0.462. The average Bonchev–Trinajstić information content (AvgIpc) is 2.33. The highest BCUT2D eigenvalue weighted by molar-refractivity contribution is 9.10. The second kappa shape index (κ2) is 8.45. The molecule has 3 nitrogen and oxygen atoms in total. The van der Waals surface area contributed by atoms with Crippen molar-refractivity contribution >= 4 is 33.1 Å². The molecule has 0 amide bonds. The summed E-state index contributed by atoms with van der Waals surface area (Å²) in [5.74, 6) is 0.691. The van der Waals surface area contributed by atoms with Gasteiger partial charge in [-0.1, -0.05) is 31.6 Å². The van der Waals surface area contributed by atoms with Crippen LogP contribution < -0.4 is 10.5 Å². The molecular weight excluding hydrogens is 314 g/mol. The quantitative estimate of drug-likeness (QED) is 0.586. The fourth-order valence-electron chi connectivity index (χ4n) is 1.42. The van der Waals surface area contributed by atoms with Gasteiger partial charge in [-0.2, -0.15) is 0 Å². The van der Waals surface area contributed by atoms with Gasteiger partial charge in [0.1, 0.15) is 17.3 Å². The van der Waals surface area contributed by atoms with E-state index in [9.17, 15) is 0 Å². The summed E-state index contributed by atoms with van der Waals surface area (Å²) in [6, 6.07) is 5.63. The summed E-state index contributed by atoms with van der Waals surface area (Å²) >= 11 is 8.42. The van der Waals surface area contributed by atoms with E-state index in [1.165, 1.54) is 0 Å². The number of nitrogens with two attached hydrogens (primary N) is 1. The Morgan fingerprint density at radius 2 is 2.11 bits per heavy atom. The van der Waals surface area contributed by atoms with Crippen molar-refractivity contribution in [2.24, 2.45) is 5.73 Å². The van der Waals surface area contributed by atoms with E-state index in [4.69, 9.17) is 27.4 Å². The molecular formula is C13H18BrNO2S. The normalized spacial score (nSPS) is 10.3. The van der Waals surface area contributed by atoms with Gasteiger partial charge in [0.15, 0.2) is 0 Å². The monoisotopic (exact) mass is 331 g/mol. The first-order valence-corrected chi connectivity index (χ1v) is 7.15. The van der Waals surface area contributed by atoms with E-state index in [-0.39, 0.29) is 0 Å². The summed E-state index contributed by atoms with van der Waals surface area (Å²) in [6.07, 6.45) is 2.22. The summed E-state index contributed by atoms with van der Waals surface area (Å²) in [4.78, 5) is 0.323. The molecule has 0 aliphatic rings. The Labute approximate surface area is 122 Å². The number of hydrogen-bond donors (Lipinski definition) is 1. The number of benzene rings is 1. The molecule has 1 aromatic carbocycles. The van der Waals surface area contributed by atoms with Crippen molar-refractivity contribution in [3.05, 3.63) is 28.2 Å². The first-order chi connectivity index (χ1) is 8.66. The maximum atomic E-state index is 5.68. The summed E-state index contributed by atoms with van der Waals surface area (Å²) < 4.78 is 11.9. The minimum Gasteiger partial charge on any atom is -0.490 e. The molecule has 0 aromatic heterocycles. The van der Waals surface area contributed by atoms with Crippen LogP contribution in [0.25, 0.3) is 0 Å². The third kappa shape index (κ3) is 4.92. The number of halogens is 1. The standard InChI is InChI=1S/C13H18BrNO2S/c1-2-3-7-16-8-9-17-11-6-4-5-10(14)12(11)13(15)18/h4-6H,2-3,7-9H2,1H3,(H2,15,18). The largest absolute Gasteiger partial charge is 0.490 e. The smallest absolute Gasteiger partial charge is 0.130 e. The van der Waals surface area contributed by atoms with Crippen molar-refractivity contribution in [3.8, 4) is 5.75 Å². The van der Waals surface area contributed by atoms with Gasteiger partial charge < -0.3 is 15.2 Å². The molecule has 100 valence electrons. The molecule has 0 atom stereocenters. The van der Waals surface area contributed by atoms with E-state index < -0.39 is 0 Å². The molecule has 0 radical (unpaired) electrons. The Morgan fingerprint density at radius 3 is 2.78 bits per heavy atom. The Hall–Kier alpha value is -0.650. The minimum absolute atomic E-state index is 0.323. The van der Waals surface area contributed by atoms with Gasteiger partial charge in [-0.15, -0.1) is 0 Å². The maximum Gasteiger partial charge on any atom is 0.130 e. The Morgan fingerprint density at radius 1 is 1.33 bits per heavy atom. The van der Waals surface area contributed by atoms with Crippen molar-refractivity contribution in [2.45, 2.75) is 19.8 Å². The highest BCUT2D eigenvalue weighted by Gasteiger charge is 2.10. The predicted octanol–water partition coefficient (Wildman–Crippen LogP) is 3.28. The lowest BCUT2D eigenvalue weighted by molar-refractivity contribution is 0.0980. The lowest BCUT2D eigenvalue weighted by Gasteiger charge is -2.12. The molecule has 0 heterocycles. The van der Waals surface area contributed by atoms with Crippen LogP contribution in [0.3, 0.4) is 0 Å². The Bertz CT molecular complexity index is 399. The number of thiocarbonyl (C=S) groups is 1. The Kier molecular flexibility index (Phi) is 7.23. The second-order valence-electron chi connectivity index (χ2n) is 3.79. The first kappa shape index (κ1) is 15.4. The van der Waals surface area contributed by atoms with E-state index >= 15 is 0 Å². The first-order valence-electron chi connectivity index (χ1n) is 5.95. The third-order valence-electron chi connectivity index (χ3n) is 2.35. The van der Waals surface area contributed by atoms with Crippen LogP contribution in [0.4, 0.5) is 0 Å². The zero-order valence-electron chi connectivity index (χ0n) is 10.4. The lowest BCUT2D eigenvalue weighted by atomic mass is 10.2. The van der Waals surface area contributed by atoms with Crippen molar-refractivity contribution in [3.63, 3.8) is 0 Å². The molecule has 0 spiro atoms.